The summed E-state index contributed by atoms with van der Waals surface area (Å²) in [6, 6.07) is 0. The van der Waals surface area contributed by atoms with Crippen LogP contribution in [0.4, 0.5) is 0 Å². The van der Waals surface area contributed by atoms with Gasteiger partial charge in [0.15, 0.2) is 0 Å². The topological polar surface area (TPSA) is 54.0 Å². The molecule has 0 unspecified atom stereocenters. The number of nitrogens with zero attached hydrogens (tertiary/aromatic N) is 1. The summed E-state index contributed by atoms with van der Waals surface area (Å²) in [5.41, 5.74) is 1.16. The summed E-state index contributed by atoms with van der Waals surface area (Å²) in [4.78, 5) is 16.1. The van der Waals surface area contributed by atoms with Gasteiger partial charge in [-0.1, -0.05) is 20.8 Å². The Hall–Kier alpha value is -0.360. The van der Waals surface area contributed by atoms with E-state index in [2.05, 4.69) is 41.8 Å². The number of hydrogen-bond donors (Lipinski definition) is 2. The molecule has 0 spiro atoms. The van der Waals surface area contributed by atoms with Gasteiger partial charge < -0.3 is 10.6 Å². The molecule has 0 bridgehead atoms. The molecule has 1 aromatic heterocycles. The van der Waals surface area contributed by atoms with E-state index in [0.29, 0.717) is 13.0 Å². The lowest BCUT2D eigenvalue weighted by atomic mass is 9.93. The van der Waals surface area contributed by atoms with Gasteiger partial charge >= 0.3 is 0 Å². The van der Waals surface area contributed by atoms with Crippen LogP contribution in [0.5, 0.6) is 0 Å². The van der Waals surface area contributed by atoms with Crippen LogP contribution in [0.1, 0.15) is 44.3 Å². The normalized spacial score (nSPS) is 10.4. The summed E-state index contributed by atoms with van der Waals surface area (Å²) in [6.45, 7) is 7.84. The lowest BCUT2D eigenvalue weighted by molar-refractivity contribution is -0.121. The van der Waals surface area contributed by atoms with Crippen molar-refractivity contribution in [2.45, 2.75) is 45.6 Å². The van der Waals surface area contributed by atoms with Crippen molar-refractivity contribution in [2.75, 3.05) is 13.6 Å². The second kappa shape index (κ2) is 10.4. The maximum absolute atomic E-state index is 11.5. The van der Waals surface area contributed by atoms with Gasteiger partial charge in [0.25, 0.3) is 0 Å². The molecular weight excluding hydrogens is 317 g/mol. The average Bonchev–Trinajstić information content (AvgIpc) is 2.75. The van der Waals surface area contributed by atoms with Crippen molar-refractivity contribution in [3.8, 4) is 0 Å². The van der Waals surface area contributed by atoms with Crippen molar-refractivity contribution in [3.63, 3.8) is 0 Å². The number of rotatable bonds is 6. The Bertz CT molecular complexity index is 391. The molecule has 2 N–H and O–H groups in total. The molecule has 1 rings (SSSR count). The first-order valence-electron chi connectivity index (χ1n) is 6.29. The molecule has 4 nitrogen and oxygen atoms in total. The van der Waals surface area contributed by atoms with Gasteiger partial charge in [-0.2, -0.15) is 0 Å². The van der Waals surface area contributed by atoms with Crippen molar-refractivity contribution in [1.82, 2.24) is 15.6 Å². The van der Waals surface area contributed by atoms with Crippen molar-refractivity contribution >= 4 is 42.1 Å². The predicted octanol–water partition coefficient (Wildman–Crippen LogP) is 2.90. The minimum absolute atomic E-state index is 0. The largest absolute Gasteiger partial charge is 0.350 e. The molecule has 0 aliphatic heterocycles. The zero-order valence-corrected chi connectivity index (χ0v) is 14.9. The Morgan fingerprint density at radius 2 is 2.00 bits per heavy atom. The molecule has 0 atom stereocenters. The van der Waals surface area contributed by atoms with Crippen molar-refractivity contribution < 1.29 is 4.79 Å². The quantitative estimate of drug-likeness (QED) is 0.782. The fourth-order valence-electron chi connectivity index (χ4n) is 1.42. The zero-order valence-electron chi connectivity index (χ0n) is 12.5. The smallest absolute Gasteiger partial charge is 0.220 e. The van der Waals surface area contributed by atoms with Gasteiger partial charge in [0.05, 0.1) is 12.2 Å². The van der Waals surface area contributed by atoms with Gasteiger partial charge in [0.2, 0.25) is 5.91 Å². The van der Waals surface area contributed by atoms with E-state index in [9.17, 15) is 4.79 Å². The molecule has 118 valence electrons. The number of carbonyl (C=O) groups is 1. The van der Waals surface area contributed by atoms with E-state index in [0.717, 1.165) is 23.7 Å². The third-order valence-corrected chi connectivity index (χ3v) is 3.44. The zero-order chi connectivity index (χ0) is 13.6. The van der Waals surface area contributed by atoms with E-state index >= 15 is 0 Å². The van der Waals surface area contributed by atoms with Crippen LogP contribution < -0.4 is 10.6 Å². The van der Waals surface area contributed by atoms with E-state index < -0.39 is 0 Å². The maximum Gasteiger partial charge on any atom is 0.220 e. The Morgan fingerprint density at radius 1 is 1.35 bits per heavy atom. The molecular formula is C13H25Cl2N3OS. The van der Waals surface area contributed by atoms with E-state index in [1.54, 1.807) is 11.3 Å². The molecule has 0 saturated carbocycles. The SMILES string of the molecule is CNCCCC(=O)NCc1nc(C(C)(C)C)cs1.Cl.Cl. The summed E-state index contributed by atoms with van der Waals surface area (Å²) in [5, 5.41) is 8.98. The number of thiazole rings is 1. The molecule has 0 aromatic carbocycles. The highest BCUT2D eigenvalue weighted by Gasteiger charge is 2.17. The highest BCUT2D eigenvalue weighted by Crippen LogP contribution is 2.23. The van der Waals surface area contributed by atoms with Gasteiger partial charge in [-0.05, 0) is 20.0 Å². The maximum atomic E-state index is 11.5. The summed E-state index contributed by atoms with van der Waals surface area (Å²) >= 11 is 1.61. The van der Waals surface area contributed by atoms with Crippen LogP contribution in [0.25, 0.3) is 0 Å². The van der Waals surface area contributed by atoms with Gasteiger partial charge in [0.1, 0.15) is 5.01 Å². The third-order valence-electron chi connectivity index (χ3n) is 2.59. The van der Waals surface area contributed by atoms with Crippen LogP contribution in [-0.2, 0) is 16.8 Å². The molecule has 7 heteroatoms. The monoisotopic (exact) mass is 341 g/mol. The van der Waals surface area contributed by atoms with E-state index in [4.69, 9.17) is 0 Å². The van der Waals surface area contributed by atoms with Gasteiger partial charge in [-0.3, -0.25) is 4.79 Å². The molecule has 1 aromatic rings. The van der Waals surface area contributed by atoms with Crippen molar-refractivity contribution in [1.29, 1.82) is 0 Å². The molecule has 0 aliphatic rings. The summed E-state index contributed by atoms with van der Waals surface area (Å²) < 4.78 is 0. The summed E-state index contributed by atoms with van der Waals surface area (Å²) in [7, 11) is 1.89. The molecule has 0 aliphatic carbocycles. The molecule has 0 fully saturated rings. The molecule has 20 heavy (non-hydrogen) atoms. The Balaban J connectivity index is 0. The highest BCUT2D eigenvalue weighted by atomic mass is 35.5. The molecule has 1 heterocycles. The highest BCUT2D eigenvalue weighted by molar-refractivity contribution is 7.09. The van der Waals surface area contributed by atoms with Gasteiger partial charge in [-0.25, -0.2) is 4.98 Å². The first-order valence-corrected chi connectivity index (χ1v) is 7.17. The lowest BCUT2D eigenvalue weighted by Crippen LogP contribution is -2.23. The van der Waals surface area contributed by atoms with Gasteiger partial charge in [-0.15, -0.1) is 36.2 Å². The van der Waals surface area contributed by atoms with Crippen LogP contribution in [0.3, 0.4) is 0 Å². The Kier molecular flexibility index (Phi) is 11.4. The number of carbonyl (C=O) groups excluding carboxylic acids is 1. The number of amides is 1. The predicted molar refractivity (Wildman–Crippen MR) is 90.3 cm³/mol. The Labute approximate surface area is 138 Å². The fraction of sp³-hybridized carbons (Fsp3) is 0.692. The first-order chi connectivity index (χ1) is 8.43. The summed E-state index contributed by atoms with van der Waals surface area (Å²) in [5.74, 6) is 0.0951. The first kappa shape index (κ1) is 21.9. The summed E-state index contributed by atoms with van der Waals surface area (Å²) in [6.07, 6.45) is 1.44. The number of halogens is 2. The molecule has 1 amide bonds. The third kappa shape index (κ3) is 8.04. The van der Waals surface area contributed by atoms with Crippen molar-refractivity contribution in [2.24, 2.45) is 0 Å². The Morgan fingerprint density at radius 3 is 2.50 bits per heavy atom. The van der Waals surface area contributed by atoms with Gasteiger partial charge in [0, 0.05) is 17.2 Å². The minimum Gasteiger partial charge on any atom is -0.350 e. The average molecular weight is 342 g/mol. The standard InChI is InChI=1S/C13H23N3OS.2ClH/c1-13(2,3)10-9-18-12(16-10)8-15-11(17)6-5-7-14-4;;/h9,14H,5-8H2,1-4H3,(H,15,17);2*1H. The van der Waals surface area contributed by atoms with Crippen LogP contribution in [0, 0.1) is 0 Å². The number of nitrogens with one attached hydrogen (secondary N) is 2. The van der Waals surface area contributed by atoms with Crippen LogP contribution >= 0.6 is 36.2 Å². The van der Waals surface area contributed by atoms with Crippen LogP contribution in [-0.4, -0.2) is 24.5 Å². The van der Waals surface area contributed by atoms with Crippen LogP contribution in [0.15, 0.2) is 5.38 Å². The second-order valence-corrected chi connectivity index (χ2v) is 6.30. The minimum atomic E-state index is 0. The number of hydrogen-bond acceptors (Lipinski definition) is 4. The van der Waals surface area contributed by atoms with Crippen molar-refractivity contribution in [3.05, 3.63) is 16.1 Å². The molecule has 0 radical (unpaired) electrons. The molecule has 0 saturated heterocycles. The second-order valence-electron chi connectivity index (χ2n) is 5.36. The van der Waals surface area contributed by atoms with E-state index in [1.807, 2.05) is 7.05 Å². The lowest BCUT2D eigenvalue weighted by Gasteiger charge is -2.14. The number of aromatic nitrogens is 1. The van der Waals surface area contributed by atoms with E-state index in [1.165, 1.54) is 0 Å². The fourth-order valence-corrected chi connectivity index (χ4v) is 2.39. The van der Waals surface area contributed by atoms with Crippen LogP contribution in [0.2, 0.25) is 0 Å². The van der Waals surface area contributed by atoms with E-state index in [-0.39, 0.29) is 36.1 Å².